The number of anilines is 1. The minimum Gasteiger partial charge on any atom is -0.485 e. The molecule has 0 aliphatic heterocycles. The highest BCUT2D eigenvalue weighted by atomic mass is 35.5. The lowest BCUT2D eigenvalue weighted by atomic mass is 10.2. The van der Waals surface area contributed by atoms with E-state index in [1.54, 1.807) is 41.3 Å². The van der Waals surface area contributed by atoms with Gasteiger partial charge in [-0.15, -0.1) is 0 Å². The molecule has 0 spiro atoms. The molecule has 0 aliphatic carbocycles. The maximum Gasteiger partial charge on any atom is 0.274 e. The second kappa shape index (κ2) is 8.84. The van der Waals surface area contributed by atoms with Gasteiger partial charge in [0.15, 0.2) is 0 Å². The first-order valence-corrected chi connectivity index (χ1v) is 10.5. The van der Waals surface area contributed by atoms with E-state index in [-0.39, 0.29) is 24.1 Å². The molecule has 0 atom stereocenters. The van der Waals surface area contributed by atoms with Gasteiger partial charge in [0.2, 0.25) is 0 Å². The molecule has 0 radical (unpaired) electrons. The molecule has 2 heterocycles. The number of ether oxygens (including phenoxy) is 1. The van der Waals surface area contributed by atoms with E-state index in [1.165, 1.54) is 10.6 Å². The Hall–Kier alpha value is -3.65. The first-order chi connectivity index (χ1) is 15.3. The maximum atomic E-state index is 12.6. The molecular weight excluding hydrogens is 430 g/mol. The third-order valence-corrected chi connectivity index (χ3v) is 5.10. The summed E-state index contributed by atoms with van der Waals surface area (Å²) in [4.78, 5) is 33.8. The molecule has 0 unspecified atom stereocenters. The van der Waals surface area contributed by atoms with Gasteiger partial charge in [-0.05, 0) is 62.7 Å². The van der Waals surface area contributed by atoms with Crippen LogP contribution in [0.15, 0.2) is 59.7 Å². The lowest BCUT2D eigenvalue weighted by Gasteiger charge is -2.14. The Labute approximate surface area is 189 Å². The number of aryl methyl sites for hydroxylation is 1. The molecule has 0 bridgehead atoms. The fourth-order valence-electron chi connectivity index (χ4n) is 3.21. The standard InChI is InChI=1S/C23H22ClN5O3/c1-14(2)28-13-25-23-26-18(11-21(30)29(23)28)12-32-20-10-15(3)4-9-19(20)27-22(31)16-5-7-17(24)8-6-16/h4-11,13-14H,12H2,1-3H3,(H,27,31). The quantitative estimate of drug-likeness (QED) is 0.473. The molecule has 4 rings (SSSR count). The van der Waals surface area contributed by atoms with Crippen molar-refractivity contribution in [2.24, 2.45) is 0 Å². The number of amides is 1. The van der Waals surface area contributed by atoms with Crippen LogP contribution in [0.1, 0.15) is 41.5 Å². The van der Waals surface area contributed by atoms with Crippen LogP contribution in [-0.2, 0) is 6.61 Å². The van der Waals surface area contributed by atoms with Crippen molar-refractivity contribution < 1.29 is 9.53 Å². The average Bonchev–Trinajstić information content (AvgIpc) is 3.19. The smallest absolute Gasteiger partial charge is 0.274 e. The van der Waals surface area contributed by atoms with Crippen molar-refractivity contribution in [3.8, 4) is 5.75 Å². The number of rotatable bonds is 6. The lowest BCUT2D eigenvalue weighted by molar-refractivity contribution is 0.102. The van der Waals surface area contributed by atoms with Crippen molar-refractivity contribution in [1.29, 1.82) is 0 Å². The summed E-state index contributed by atoms with van der Waals surface area (Å²) in [6.45, 7) is 5.89. The monoisotopic (exact) mass is 451 g/mol. The fraction of sp³-hybridized carbons (Fsp3) is 0.217. The van der Waals surface area contributed by atoms with E-state index in [0.29, 0.717) is 33.5 Å². The van der Waals surface area contributed by atoms with Gasteiger partial charge in [0.1, 0.15) is 18.7 Å². The highest BCUT2D eigenvalue weighted by Crippen LogP contribution is 2.27. The predicted molar refractivity (Wildman–Crippen MR) is 123 cm³/mol. The Morgan fingerprint density at radius 2 is 1.91 bits per heavy atom. The summed E-state index contributed by atoms with van der Waals surface area (Å²) in [6, 6.07) is 13.6. The van der Waals surface area contributed by atoms with Crippen LogP contribution >= 0.6 is 11.6 Å². The van der Waals surface area contributed by atoms with Crippen molar-refractivity contribution >= 4 is 29.0 Å². The minimum absolute atomic E-state index is 0.0492. The van der Waals surface area contributed by atoms with E-state index in [4.69, 9.17) is 16.3 Å². The van der Waals surface area contributed by atoms with Gasteiger partial charge in [0, 0.05) is 22.7 Å². The molecule has 1 amide bonds. The predicted octanol–water partition coefficient (Wildman–Crippen LogP) is 4.27. The van der Waals surface area contributed by atoms with Gasteiger partial charge in [0.25, 0.3) is 17.2 Å². The van der Waals surface area contributed by atoms with E-state index in [9.17, 15) is 9.59 Å². The summed E-state index contributed by atoms with van der Waals surface area (Å²) in [5.74, 6) is 0.500. The van der Waals surface area contributed by atoms with Gasteiger partial charge < -0.3 is 10.1 Å². The van der Waals surface area contributed by atoms with Gasteiger partial charge in [-0.2, -0.15) is 9.50 Å². The van der Waals surface area contributed by atoms with E-state index in [0.717, 1.165) is 5.56 Å². The first kappa shape index (κ1) is 21.6. The molecule has 9 heteroatoms. The Morgan fingerprint density at radius 1 is 1.16 bits per heavy atom. The molecule has 32 heavy (non-hydrogen) atoms. The second-order valence-corrected chi connectivity index (χ2v) is 8.10. The SMILES string of the molecule is Cc1ccc(NC(=O)c2ccc(Cl)cc2)c(OCc2cc(=O)n3c(ncn3C(C)C)n2)c1. The molecule has 0 fully saturated rings. The van der Waals surface area contributed by atoms with Crippen LogP contribution in [0.5, 0.6) is 5.75 Å². The summed E-state index contributed by atoms with van der Waals surface area (Å²) in [5.41, 5.74) is 2.16. The molecule has 0 aliphatic rings. The van der Waals surface area contributed by atoms with Gasteiger partial charge in [-0.25, -0.2) is 4.98 Å². The number of nitrogens with zero attached hydrogens (tertiary/aromatic N) is 4. The van der Waals surface area contributed by atoms with Crippen LogP contribution < -0.4 is 15.6 Å². The number of nitrogens with one attached hydrogen (secondary N) is 1. The Kier molecular flexibility index (Phi) is 5.96. The fourth-order valence-corrected chi connectivity index (χ4v) is 3.34. The zero-order valence-electron chi connectivity index (χ0n) is 17.9. The van der Waals surface area contributed by atoms with Crippen LogP contribution in [0.25, 0.3) is 5.78 Å². The van der Waals surface area contributed by atoms with Gasteiger partial charge in [0.05, 0.1) is 11.4 Å². The average molecular weight is 452 g/mol. The van der Waals surface area contributed by atoms with Crippen LogP contribution in [0, 0.1) is 6.92 Å². The molecule has 1 N–H and O–H groups in total. The summed E-state index contributed by atoms with van der Waals surface area (Å²) in [5, 5.41) is 3.41. The number of benzene rings is 2. The first-order valence-electron chi connectivity index (χ1n) is 10.1. The number of hydrogen-bond acceptors (Lipinski definition) is 5. The van der Waals surface area contributed by atoms with Crippen molar-refractivity contribution in [2.75, 3.05) is 5.32 Å². The van der Waals surface area contributed by atoms with Crippen molar-refractivity contribution in [2.45, 2.75) is 33.4 Å². The molecule has 164 valence electrons. The van der Waals surface area contributed by atoms with Gasteiger partial charge >= 0.3 is 0 Å². The largest absolute Gasteiger partial charge is 0.485 e. The number of aromatic nitrogens is 4. The Morgan fingerprint density at radius 3 is 2.62 bits per heavy atom. The van der Waals surface area contributed by atoms with Crippen LogP contribution in [0.2, 0.25) is 5.02 Å². The number of fused-ring (bicyclic) bond motifs is 1. The van der Waals surface area contributed by atoms with Crippen LogP contribution in [-0.4, -0.2) is 25.1 Å². The third-order valence-electron chi connectivity index (χ3n) is 4.85. The number of hydrogen-bond donors (Lipinski definition) is 1. The summed E-state index contributed by atoms with van der Waals surface area (Å²) in [6.07, 6.45) is 1.59. The highest BCUT2D eigenvalue weighted by Gasteiger charge is 2.13. The molecule has 2 aromatic heterocycles. The molecule has 4 aromatic rings. The Bertz CT molecular complexity index is 1340. The van der Waals surface area contributed by atoms with Gasteiger partial charge in [-0.1, -0.05) is 17.7 Å². The number of carbonyl (C=O) groups excluding carboxylic acids is 1. The van der Waals surface area contributed by atoms with Crippen molar-refractivity contribution in [3.05, 3.63) is 87.1 Å². The summed E-state index contributed by atoms with van der Waals surface area (Å²) < 4.78 is 9.09. The topological polar surface area (TPSA) is 90.5 Å². The zero-order valence-corrected chi connectivity index (χ0v) is 18.6. The minimum atomic E-state index is -0.285. The van der Waals surface area contributed by atoms with Crippen LogP contribution in [0.4, 0.5) is 5.69 Å². The maximum absolute atomic E-state index is 12.6. The van der Waals surface area contributed by atoms with Crippen LogP contribution in [0.3, 0.4) is 0 Å². The summed E-state index contributed by atoms with van der Waals surface area (Å²) >= 11 is 5.90. The molecular formula is C23H22ClN5O3. The molecule has 8 nitrogen and oxygen atoms in total. The highest BCUT2D eigenvalue weighted by molar-refractivity contribution is 6.30. The molecule has 0 saturated heterocycles. The lowest BCUT2D eigenvalue weighted by Crippen LogP contribution is -2.23. The van der Waals surface area contributed by atoms with E-state index >= 15 is 0 Å². The third kappa shape index (κ3) is 4.50. The van der Waals surface area contributed by atoms with Crippen molar-refractivity contribution in [1.82, 2.24) is 19.2 Å². The normalized spacial score (nSPS) is 11.2. The number of halogens is 1. The van der Waals surface area contributed by atoms with E-state index < -0.39 is 0 Å². The van der Waals surface area contributed by atoms with Gasteiger partial charge in [-0.3, -0.25) is 14.3 Å². The van der Waals surface area contributed by atoms with Crippen molar-refractivity contribution in [3.63, 3.8) is 0 Å². The number of carbonyl (C=O) groups is 1. The van der Waals surface area contributed by atoms with E-state index in [2.05, 4.69) is 15.3 Å². The van der Waals surface area contributed by atoms with E-state index in [1.807, 2.05) is 32.9 Å². The second-order valence-electron chi connectivity index (χ2n) is 7.67. The molecule has 0 saturated carbocycles. The zero-order chi connectivity index (χ0) is 22.8. The Balaban J connectivity index is 1.56. The molecule has 2 aromatic carbocycles. The summed E-state index contributed by atoms with van der Waals surface area (Å²) in [7, 11) is 0.